The minimum absolute atomic E-state index is 0.00796. The van der Waals surface area contributed by atoms with E-state index in [1.807, 2.05) is 6.08 Å². The second kappa shape index (κ2) is 74.5. The molecule has 1 amide bonds. The van der Waals surface area contributed by atoms with Crippen LogP contribution in [0.3, 0.4) is 0 Å². The highest BCUT2D eigenvalue weighted by Gasteiger charge is 2.18. The maximum atomic E-state index is 12.5. The van der Waals surface area contributed by atoms with Gasteiger partial charge in [0.05, 0.1) is 25.4 Å². The summed E-state index contributed by atoms with van der Waals surface area (Å²) in [7, 11) is 0. The molecule has 85 heavy (non-hydrogen) atoms. The largest absolute Gasteiger partial charge is 0.466 e. The molecule has 0 rings (SSSR count). The Hall–Kier alpha value is -1.92. The molecule has 0 aromatic carbocycles. The highest BCUT2D eigenvalue weighted by Crippen LogP contribution is 2.20. The summed E-state index contributed by atoms with van der Waals surface area (Å²) in [6.45, 7) is 4.92. The summed E-state index contributed by atoms with van der Waals surface area (Å²) in [4.78, 5) is 24.6. The minimum Gasteiger partial charge on any atom is -0.466 e. The number of aliphatic hydroxyl groups excluding tert-OH is 2. The Balaban J connectivity index is 3.34. The summed E-state index contributed by atoms with van der Waals surface area (Å²) in [6, 6.07) is -0.625. The first-order valence-electron chi connectivity index (χ1n) is 38.8. The number of unbranched alkanes of at least 4 members (excludes halogenated alkanes) is 58. The zero-order chi connectivity index (χ0) is 61.3. The smallest absolute Gasteiger partial charge is 0.305 e. The number of aliphatic hydroxyl groups is 2. The van der Waals surface area contributed by atoms with Crippen molar-refractivity contribution in [3.63, 3.8) is 0 Å². The summed E-state index contributed by atoms with van der Waals surface area (Å²) in [6.07, 6.45) is 96.9. The lowest BCUT2D eigenvalue weighted by atomic mass is 10.0. The lowest BCUT2D eigenvalue weighted by molar-refractivity contribution is -0.143. The quantitative estimate of drug-likeness (QED) is 0.0320. The van der Waals surface area contributed by atoms with Crippen LogP contribution < -0.4 is 5.32 Å². The van der Waals surface area contributed by atoms with E-state index in [0.29, 0.717) is 19.4 Å². The molecule has 0 aliphatic rings. The van der Waals surface area contributed by atoms with Gasteiger partial charge < -0.3 is 20.3 Å². The van der Waals surface area contributed by atoms with E-state index in [9.17, 15) is 19.8 Å². The zero-order valence-electron chi connectivity index (χ0n) is 57.6. The summed E-state index contributed by atoms with van der Waals surface area (Å²) in [5, 5.41) is 23.3. The second-order valence-corrected chi connectivity index (χ2v) is 26.7. The van der Waals surface area contributed by atoms with Gasteiger partial charge >= 0.3 is 5.97 Å². The van der Waals surface area contributed by atoms with E-state index in [1.54, 1.807) is 6.08 Å². The highest BCUT2D eigenvalue weighted by atomic mass is 16.5. The van der Waals surface area contributed by atoms with Crippen molar-refractivity contribution in [1.29, 1.82) is 0 Å². The Morgan fingerprint density at radius 3 is 0.918 bits per heavy atom. The first-order chi connectivity index (χ1) is 42.0. The van der Waals surface area contributed by atoms with Crippen molar-refractivity contribution in [2.75, 3.05) is 13.2 Å². The van der Waals surface area contributed by atoms with Crippen molar-refractivity contribution in [1.82, 2.24) is 5.32 Å². The van der Waals surface area contributed by atoms with Gasteiger partial charge in [-0.3, -0.25) is 9.59 Å². The number of carbonyl (C=O) groups is 2. The molecular weight excluding hydrogens is 1040 g/mol. The molecule has 2 atom stereocenters. The van der Waals surface area contributed by atoms with Crippen LogP contribution in [-0.4, -0.2) is 47.4 Å². The molecule has 0 aliphatic carbocycles. The molecular formula is C79H151NO5. The van der Waals surface area contributed by atoms with E-state index in [-0.39, 0.29) is 18.5 Å². The van der Waals surface area contributed by atoms with Gasteiger partial charge in [-0.1, -0.05) is 391 Å². The topological polar surface area (TPSA) is 95.9 Å². The fourth-order valence-electron chi connectivity index (χ4n) is 12.3. The third kappa shape index (κ3) is 71.0. The molecule has 6 heteroatoms. The fourth-order valence-corrected chi connectivity index (χ4v) is 12.3. The highest BCUT2D eigenvalue weighted by molar-refractivity contribution is 5.76. The van der Waals surface area contributed by atoms with E-state index >= 15 is 0 Å². The van der Waals surface area contributed by atoms with Crippen LogP contribution in [0.2, 0.25) is 0 Å². The number of hydrogen-bond donors (Lipinski definition) is 3. The molecule has 0 saturated carbocycles. The van der Waals surface area contributed by atoms with E-state index in [2.05, 4.69) is 43.5 Å². The average Bonchev–Trinajstić information content (AvgIpc) is 3.51. The fraction of sp³-hybridized carbons (Fsp3) is 0.899. The number of nitrogens with one attached hydrogen (secondary N) is 1. The lowest BCUT2D eigenvalue weighted by Crippen LogP contribution is -2.45. The Morgan fingerprint density at radius 2 is 0.588 bits per heavy atom. The molecule has 502 valence electrons. The van der Waals surface area contributed by atoms with E-state index in [4.69, 9.17) is 4.74 Å². The molecule has 6 nitrogen and oxygen atoms in total. The summed E-state index contributed by atoms with van der Waals surface area (Å²) < 4.78 is 5.49. The van der Waals surface area contributed by atoms with Gasteiger partial charge in [0.15, 0.2) is 0 Å². The molecule has 0 saturated heterocycles. The summed E-state index contributed by atoms with van der Waals surface area (Å²) >= 11 is 0. The molecule has 2 unspecified atom stereocenters. The Kier molecular flexibility index (Phi) is 72.9. The first kappa shape index (κ1) is 83.1. The van der Waals surface area contributed by atoms with Crippen LogP contribution in [-0.2, 0) is 14.3 Å². The van der Waals surface area contributed by atoms with Crippen LogP contribution in [0.15, 0.2) is 36.5 Å². The number of amides is 1. The van der Waals surface area contributed by atoms with E-state index < -0.39 is 12.1 Å². The van der Waals surface area contributed by atoms with Crippen molar-refractivity contribution >= 4 is 11.9 Å². The Morgan fingerprint density at radius 1 is 0.329 bits per heavy atom. The predicted molar refractivity (Wildman–Crippen MR) is 375 cm³/mol. The maximum absolute atomic E-state index is 12.5. The van der Waals surface area contributed by atoms with Gasteiger partial charge in [-0.15, -0.1) is 0 Å². The van der Waals surface area contributed by atoms with Crippen molar-refractivity contribution in [3.8, 4) is 0 Å². The predicted octanol–water partition coefficient (Wildman–Crippen LogP) is 25.4. The Bertz CT molecular complexity index is 1380. The van der Waals surface area contributed by atoms with Gasteiger partial charge in [-0.25, -0.2) is 0 Å². The normalized spacial score (nSPS) is 12.7. The van der Waals surface area contributed by atoms with Gasteiger partial charge in [0.2, 0.25) is 5.91 Å². The molecule has 0 aliphatic heterocycles. The van der Waals surface area contributed by atoms with Crippen LogP contribution >= 0.6 is 0 Å². The molecule has 0 radical (unpaired) electrons. The SMILES string of the molecule is CCCCC/C=C\C/C=C\CCCCCCCC(=O)OCCCCCCCCCCCCCCCCCCCCCCCCCCCCCCCCCCCC(=O)NC(CO)C(O)/C=C/CCCCCCCCCCCCCCCCCCCC. The molecule has 0 aromatic heterocycles. The van der Waals surface area contributed by atoms with Crippen LogP contribution in [0.1, 0.15) is 431 Å². The number of rotatable bonds is 73. The number of esters is 1. The second-order valence-electron chi connectivity index (χ2n) is 26.7. The van der Waals surface area contributed by atoms with Gasteiger partial charge in [0.25, 0.3) is 0 Å². The molecule has 3 N–H and O–H groups in total. The van der Waals surface area contributed by atoms with E-state index in [0.717, 1.165) is 51.4 Å². The molecule has 0 fully saturated rings. The number of ether oxygens (including phenoxy) is 1. The van der Waals surface area contributed by atoms with E-state index in [1.165, 1.54) is 353 Å². The summed E-state index contributed by atoms with van der Waals surface area (Å²) in [5.41, 5.74) is 0. The van der Waals surface area contributed by atoms with Crippen LogP contribution in [0, 0.1) is 0 Å². The third-order valence-corrected chi connectivity index (χ3v) is 18.2. The van der Waals surface area contributed by atoms with Gasteiger partial charge in [-0.2, -0.15) is 0 Å². The average molecular weight is 1200 g/mol. The number of hydrogen-bond acceptors (Lipinski definition) is 5. The maximum Gasteiger partial charge on any atom is 0.305 e. The first-order valence-corrected chi connectivity index (χ1v) is 38.8. The number of allylic oxidation sites excluding steroid dienone is 5. The van der Waals surface area contributed by atoms with Crippen LogP contribution in [0.4, 0.5) is 0 Å². The van der Waals surface area contributed by atoms with Crippen LogP contribution in [0.25, 0.3) is 0 Å². The lowest BCUT2D eigenvalue weighted by Gasteiger charge is -2.20. The van der Waals surface area contributed by atoms with Gasteiger partial charge in [0, 0.05) is 12.8 Å². The third-order valence-electron chi connectivity index (χ3n) is 18.2. The summed E-state index contributed by atoms with van der Waals surface area (Å²) in [5.74, 6) is -0.0511. The van der Waals surface area contributed by atoms with Gasteiger partial charge in [-0.05, 0) is 64.2 Å². The van der Waals surface area contributed by atoms with Crippen molar-refractivity contribution in [2.24, 2.45) is 0 Å². The Labute approximate surface area is 532 Å². The number of carbonyl (C=O) groups excluding carboxylic acids is 2. The van der Waals surface area contributed by atoms with Crippen molar-refractivity contribution < 1.29 is 24.5 Å². The van der Waals surface area contributed by atoms with Crippen molar-refractivity contribution in [2.45, 2.75) is 443 Å². The monoisotopic (exact) mass is 1190 g/mol. The minimum atomic E-state index is -0.842. The molecule has 0 bridgehead atoms. The zero-order valence-corrected chi connectivity index (χ0v) is 57.6. The van der Waals surface area contributed by atoms with Crippen LogP contribution in [0.5, 0.6) is 0 Å². The molecule has 0 heterocycles. The van der Waals surface area contributed by atoms with Gasteiger partial charge in [0.1, 0.15) is 0 Å². The standard InChI is InChI=1S/C79H151NO5/c1-3-5-7-9-11-13-15-17-19-20-21-37-40-44-47-51-55-59-63-67-71-77(82)76(75-81)80-78(83)72-68-64-60-56-52-48-45-41-38-35-33-31-29-27-25-23-22-24-26-28-30-32-34-36-39-42-46-50-54-58-62-66-70-74-85-79(84)73-69-65-61-57-53-49-43-18-16-14-12-10-8-6-4-2/h12,14,18,43,67,71,76-77,81-82H,3-11,13,15-17,19-42,44-66,68-70,72-75H2,1-2H3,(H,80,83)/b14-12-,43-18-,71-67+. The molecule has 0 spiro atoms. The van der Waals surface area contributed by atoms with Crippen molar-refractivity contribution in [3.05, 3.63) is 36.5 Å². The molecule has 0 aromatic rings.